The molecule has 33 heavy (non-hydrogen) atoms. The summed E-state index contributed by atoms with van der Waals surface area (Å²) in [6.07, 6.45) is 3.94. The van der Waals surface area contributed by atoms with E-state index in [2.05, 4.69) is 31.2 Å². The van der Waals surface area contributed by atoms with E-state index in [4.69, 9.17) is 23.7 Å². The van der Waals surface area contributed by atoms with Crippen molar-refractivity contribution in [2.75, 3.05) is 33.0 Å². The van der Waals surface area contributed by atoms with Gasteiger partial charge in [0.25, 0.3) is 0 Å². The van der Waals surface area contributed by atoms with Gasteiger partial charge in [-0.2, -0.15) is 0 Å². The van der Waals surface area contributed by atoms with Crippen LogP contribution in [0.2, 0.25) is 0 Å². The van der Waals surface area contributed by atoms with Gasteiger partial charge in [0.15, 0.2) is 12.1 Å². The number of aryl methyl sites for hydroxylation is 1. The molecule has 1 atom stereocenters. The second-order valence-electron chi connectivity index (χ2n) is 9.53. The Bertz CT molecular complexity index is 891. The molecule has 0 saturated carbocycles. The predicted octanol–water partition coefficient (Wildman–Crippen LogP) is 4.96. The summed E-state index contributed by atoms with van der Waals surface area (Å²) in [6, 6.07) is 14.3. The Kier molecular flexibility index (Phi) is 7.59. The zero-order chi connectivity index (χ0) is 23.3. The van der Waals surface area contributed by atoms with Crippen LogP contribution in [-0.2, 0) is 20.6 Å². The van der Waals surface area contributed by atoms with Gasteiger partial charge in [-0.1, -0.05) is 25.1 Å². The van der Waals surface area contributed by atoms with Crippen molar-refractivity contribution in [1.29, 1.82) is 0 Å². The van der Waals surface area contributed by atoms with Gasteiger partial charge >= 0.3 is 0 Å². The van der Waals surface area contributed by atoms with E-state index in [0.717, 1.165) is 49.4 Å². The van der Waals surface area contributed by atoms with Crippen molar-refractivity contribution in [2.45, 2.75) is 58.5 Å². The van der Waals surface area contributed by atoms with Crippen LogP contribution in [0.25, 0.3) is 11.1 Å². The third-order valence-corrected chi connectivity index (χ3v) is 6.36. The van der Waals surface area contributed by atoms with Gasteiger partial charge in [0, 0.05) is 6.42 Å². The molecule has 2 saturated heterocycles. The highest BCUT2D eigenvalue weighted by molar-refractivity contribution is 5.69. The van der Waals surface area contributed by atoms with E-state index < -0.39 is 11.2 Å². The fourth-order valence-electron chi connectivity index (χ4n) is 4.10. The van der Waals surface area contributed by atoms with E-state index in [1.54, 1.807) is 0 Å². The molecule has 6 nitrogen and oxygen atoms in total. The summed E-state index contributed by atoms with van der Waals surface area (Å²) in [5, 5.41) is 9.95. The van der Waals surface area contributed by atoms with Crippen LogP contribution in [0.4, 0.5) is 0 Å². The first-order valence-electron chi connectivity index (χ1n) is 12.0. The molecule has 0 spiro atoms. The molecule has 6 heteroatoms. The molecule has 180 valence electrons. The van der Waals surface area contributed by atoms with Crippen LogP contribution in [0, 0.1) is 5.41 Å². The predicted molar refractivity (Wildman–Crippen MR) is 126 cm³/mol. The highest BCUT2D eigenvalue weighted by Crippen LogP contribution is 2.33. The molecule has 0 aliphatic carbocycles. The summed E-state index contributed by atoms with van der Waals surface area (Å²) in [7, 11) is 0. The zero-order valence-corrected chi connectivity index (χ0v) is 20.0. The Hall–Kier alpha value is -2.12. The average Bonchev–Trinajstić information content (AvgIpc) is 2.85. The maximum absolute atomic E-state index is 9.95. The lowest BCUT2D eigenvalue weighted by atomic mass is 9.91. The van der Waals surface area contributed by atoms with E-state index in [1.165, 1.54) is 11.1 Å². The van der Waals surface area contributed by atoms with Crippen molar-refractivity contribution < 1.29 is 28.8 Å². The quantitative estimate of drug-likeness (QED) is 0.606. The lowest BCUT2D eigenvalue weighted by molar-refractivity contribution is -0.293. The van der Waals surface area contributed by atoms with E-state index in [0.29, 0.717) is 19.8 Å². The highest BCUT2D eigenvalue weighted by atomic mass is 16.7. The van der Waals surface area contributed by atoms with Crippen LogP contribution >= 0.6 is 0 Å². The summed E-state index contributed by atoms with van der Waals surface area (Å²) >= 11 is 0. The second-order valence-corrected chi connectivity index (χ2v) is 9.53. The first kappa shape index (κ1) is 24.0. The Morgan fingerprint density at radius 2 is 1.73 bits per heavy atom. The van der Waals surface area contributed by atoms with Gasteiger partial charge in [0.1, 0.15) is 18.1 Å². The summed E-state index contributed by atoms with van der Waals surface area (Å²) in [5.74, 6) is 0.986. The molecule has 0 radical (unpaired) electrons. The molecule has 0 amide bonds. The van der Waals surface area contributed by atoms with Gasteiger partial charge in [-0.15, -0.1) is 0 Å². The molecule has 2 aromatic rings. The van der Waals surface area contributed by atoms with Gasteiger partial charge < -0.3 is 28.8 Å². The van der Waals surface area contributed by atoms with E-state index in [-0.39, 0.29) is 12.9 Å². The zero-order valence-electron chi connectivity index (χ0n) is 20.0. The Balaban J connectivity index is 1.41. The van der Waals surface area contributed by atoms with Crippen molar-refractivity contribution in [3.05, 3.63) is 48.0 Å². The maximum atomic E-state index is 9.95. The topological polar surface area (TPSA) is 66.4 Å². The van der Waals surface area contributed by atoms with E-state index >= 15 is 0 Å². The molecule has 0 aromatic heterocycles. The van der Waals surface area contributed by atoms with Crippen molar-refractivity contribution >= 4 is 0 Å². The van der Waals surface area contributed by atoms with E-state index in [1.807, 2.05) is 32.0 Å². The number of hydrogen-bond donors (Lipinski definition) is 1. The Morgan fingerprint density at radius 1 is 1.00 bits per heavy atom. The average molecular weight is 457 g/mol. The van der Waals surface area contributed by atoms with Crippen LogP contribution in [-0.4, -0.2) is 50.2 Å². The van der Waals surface area contributed by atoms with Crippen LogP contribution < -0.4 is 9.47 Å². The third-order valence-electron chi connectivity index (χ3n) is 6.36. The first-order chi connectivity index (χ1) is 15.9. The van der Waals surface area contributed by atoms with Crippen molar-refractivity contribution in [3.63, 3.8) is 0 Å². The number of rotatable bonds is 8. The molecule has 2 aliphatic rings. The van der Waals surface area contributed by atoms with Crippen LogP contribution in [0.5, 0.6) is 11.5 Å². The third kappa shape index (κ3) is 6.07. The van der Waals surface area contributed by atoms with Gasteiger partial charge in [0.05, 0.1) is 31.8 Å². The fraction of sp³-hybridized carbons (Fsp3) is 0.556. The summed E-state index contributed by atoms with van der Waals surface area (Å²) in [4.78, 5) is 0. The standard InChI is InChI=1S/C27H36O6/c1-4-20-15-23(30-17-27(16-28)18-31-26(2,3)32-19-27)12-13-24(20)21-8-10-22(11-9-21)33-25-7-5-6-14-29-25/h8-13,15,25,28H,4-7,14,16-19H2,1-3H3. The lowest BCUT2D eigenvalue weighted by Crippen LogP contribution is -2.51. The van der Waals surface area contributed by atoms with Crippen LogP contribution in [0.15, 0.2) is 42.5 Å². The minimum Gasteiger partial charge on any atom is -0.493 e. The summed E-state index contributed by atoms with van der Waals surface area (Å²) < 4.78 is 29.2. The molecule has 2 fully saturated rings. The largest absolute Gasteiger partial charge is 0.493 e. The monoisotopic (exact) mass is 456 g/mol. The molecular formula is C27H36O6. The molecule has 0 bridgehead atoms. The smallest absolute Gasteiger partial charge is 0.199 e. The molecule has 1 N–H and O–H groups in total. The molecule has 2 aromatic carbocycles. The van der Waals surface area contributed by atoms with Crippen LogP contribution in [0.3, 0.4) is 0 Å². The lowest BCUT2D eigenvalue weighted by Gasteiger charge is -2.42. The number of aliphatic hydroxyl groups excluding tert-OH is 1. The normalized spacial score (nSPS) is 22.0. The Morgan fingerprint density at radius 3 is 2.36 bits per heavy atom. The van der Waals surface area contributed by atoms with Crippen molar-refractivity contribution in [2.24, 2.45) is 5.41 Å². The molecular weight excluding hydrogens is 420 g/mol. The summed E-state index contributed by atoms with van der Waals surface area (Å²) in [5.41, 5.74) is 2.96. The molecule has 4 rings (SSSR count). The van der Waals surface area contributed by atoms with Gasteiger partial charge in [-0.3, -0.25) is 0 Å². The molecule has 2 aliphatic heterocycles. The number of hydrogen-bond acceptors (Lipinski definition) is 6. The molecule has 1 unspecified atom stereocenters. The number of aliphatic hydroxyl groups is 1. The highest BCUT2D eigenvalue weighted by Gasteiger charge is 2.40. The minimum absolute atomic E-state index is 0.0535. The molecule has 2 heterocycles. The van der Waals surface area contributed by atoms with Crippen molar-refractivity contribution in [3.8, 4) is 22.6 Å². The fourth-order valence-corrected chi connectivity index (χ4v) is 4.10. The first-order valence-corrected chi connectivity index (χ1v) is 12.0. The van der Waals surface area contributed by atoms with Gasteiger partial charge in [0.2, 0.25) is 0 Å². The Labute approximate surface area is 196 Å². The summed E-state index contributed by atoms with van der Waals surface area (Å²) in [6.45, 7) is 7.74. The maximum Gasteiger partial charge on any atom is 0.199 e. The van der Waals surface area contributed by atoms with Crippen molar-refractivity contribution in [1.82, 2.24) is 0 Å². The number of benzene rings is 2. The van der Waals surface area contributed by atoms with Crippen LogP contribution in [0.1, 0.15) is 45.6 Å². The SMILES string of the molecule is CCc1cc(OCC2(CO)COC(C)(C)OC2)ccc1-c1ccc(OC2CCCCO2)cc1. The second kappa shape index (κ2) is 10.4. The van der Waals surface area contributed by atoms with Gasteiger partial charge in [-0.25, -0.2) is 0 Å². The minimum atomic E-state index is -0.625. The number of ether oxygens (including phenoxy) is 5. The van der Waals surface area contributed by atoms with E-state index in [9.17, 15) is 5.11 Å². The van der Waals surface area contributed by atoms with Gasteiger partial charge in [-0.05, 0) is 74.1 Å².